The quantitative estimate of drug-likeness (QED) is 0.429. The summed E-state index contributed by atoms with van der Waals surface area (Å²) in [6, 6.07) is 7.64. The minimum atomic E-state index is -0.618. The number of esters is 1. The van der Waals surface area contributed by atoms with Crippen LogP contribution in [0.5, 0.6) is 0 Å². The number of fused-ring (bicyclic) bond motifs is 1. The van der Waals surface area contributed by atoms with Crippen LogP contribution in [-0.4, -0.2) is 28.0 Å². The van der Waals surface area contributed by atoms with Crippen LogP contribution in [0, 0.1) is 12.7 Å². The van der Waals surface area contributed by atoms with E-state index < -0.39 is 11.5 Å². The molecule has 2 aromatic heterocycles. The summed E-state index contributed by atoms with van der Waals surface area (Å²) in [5, 5.41) is 0.399. The second-order valence-corrected chi connectivity index (χ2v) is 7.01. The highest BCUT2D eigenvalue weighted by molar-refractivity contribution is 7.99. The molecule has 6 nitrogen and oxygen atoms in total. The molecule has 1 N–H and O–H groups in total. The topological polar surface area (TPSA) is 84.9 Å². The van der Waals surface area contributed by atoms with Crippen molar-refractivity contribution in [2.24, 2.45) is 0 Å². The zero-order chi connectivity index (χ0) is 18.8. The Balaban J connectivity index is 2.02. The molecule has 0 spiro atoms. The van der Waals surface area contributed by atoms with Gasteiger partial charge >= 0.3 is 5.97 Å². The highest BCUT2D eigenvalue weighted by Gasteiger charge is 2.18. The number of ether oxygens (including phenoxy) is 1. The Hall–Kier alpha value is -2.74. The number of hydrogen-bond donors (Lipinski definition) is 1. The van der Waals surface area contributed by atoms with Crippen LogP contribution in [-0.2, 0) is 4.74 Å². The van der Waals surface area contributed by atoms with E-state index in [9.17, 15) is 14.0 Å². The van der Waals surface area contributed by atoms with Crippen molar-refractivity contribution in [2.75, 3.05) is 7.11 Å². The Morgan fingerprint density at radius 1 is 1.27 bits per heavy atom. The van der Waals surface area contributed by atoms with Gasteiger partial charge in [-0.2, -0.15) is 0 Å². The van der Waals surface area contributed by atoms with Crippen molar-refractivity contribution in [3.63, 3.8) is 0 Å². The Morgan fingerprint density at radius 2 is 1.96 bits per heavy atom. The van der Waals surface area contributed by atoms with Crippen molar-refractivity contribution in [2.45, 2.75) is 24.3 Å². The van der Waals surface area contributed by atoms with E-state index in [4.69, 9.17) is 4.74 Å². The first-order valence-electron chi connectivity index (χ1n) is 7.81. The molecule has 0 saturated carbocycles. The van der Waals surface area contributed by atoms with Crippen molar-refractivity contribution in [3.8, 4) is 0 Å². The van der Waals surface area contributed by atoms with Crippen molar-refractivity contribution in [1.29, 1.82) is 0 Å². The number of aromatic nitrogens is 3. The molecule has 26 heavy (non-hydrogen) atoms. The molecule has 0 amide bonds. The summed E-state index contributed by atoms with van der Waals surface area (Å²) >= 11 is 1.31. The summed E-state index contributed by atoms with van der Waals surface area (Å²) < 4.78 is 17.8. The summed E-state index contributed by atoms with van der Waals surface area (Å²) in [5.74, 6) is -0.925. The standard InChI is InChI=1S/C18H16FN3O3S/c1-9-8-13(17(24)25-3)14-15(20-9)21-18(22-16(14)23)26-10(2)11-4-6-12(19)7-5-11/h4-8,10H,1-3H3,(H,20,21,22,23). The van der Waals surface area contributed by atoms with Crippen LogP contribution in [0.15, 0.2) is 40.3 Å². The number of benzene rings is 1. The van der Waals surface area contributed by atoms with Crippen LogP contribution in [0.2, 0.25) is 0 Å². The summed E-state index contributed by atoms with van der Waals surface area (Å²) in [6.45, 7) is 3.63. The smallest absolute Gasteiger partial charge is 0.338 e. The lowest BCUT2D eigenvalue weighted by Crippen LogP contribution is -2.16. The summed E-state index contributed by atoms with van der Waals surface area (Å²) in [4.78, 5) is 35.8. The Labute approximate surface area is 152 Å². The van der Waals surface area contributed by atoms with E-state index >= 15 is 0 Å². The number of nitrogens with zero attached hydrogens (tertiary/aromatic N) is 2. The van der Waals surface area contributed by atoms with E-state index in [0.717, 1.165) is 5.56 Å². The zero-order valence-corrected chi connectivity index (χ0v) is 15.2. The molecular weight excluding hydrogens is 357 g/mol. The van der Waals surface area contributed by atoms with Crippen molar-refractivity contribution in [1.82, 2.24) is 15.0 Å². The van der Waals surface area contributed by atoms with Crippen molar-refractivity contribution in [3.05, 3.63) is 63.3 Å². The summed E-state index contributed by atoms with van der Waals surface area (Å²) in [5.41, 5.74) is 1.30. The van der Waals surface area contributed by atoms with Crippen LogP contribution in [0.25, 0.3) is 11.0 Å². The number of rotatable bonds is 4. The van der Waals surface area contributed by atoms with Crippen LogP contribution < -0.4 is 5.56 Å². The fraction of sp³-hybridized carbons (Fsp3) is 0.222. The fourth-order valence-electron chi connectivity index (χ4n) is 2.54. The average molecular weight is 373 g/mol. The number of aryl methyl sites for hydroxylation is 1. The summed E-state index contributed by atoms with van der Waals surface area (Å²) in [6.07, 6.45) is 0. The van der Waals surface area contributed by atoms with Gasteiger partial charge in [-0.05, 0) is 37.6 Å². The number of aromatic amines is 1. The molecule has 0 saturated heterocycles. The number of hydrogen-bond acceptors (Lipinski definition) is 6. The van der Waals surface area contributed by atoms with Gasteiger partial charge in [0.2, 0.25) is 0 Å². The van der Waals surface area contributed by atoms with E-state index in [2.05, 4.69) is 15.0 Å². The number of carbonyl (C=O) groups excluding carboxylic acids is 1. The minimum absolute atomic E-state index is 0.0684. The molecule has 0 aliphatic heterocycles. The molecule has 0 aliphatic rings. The first-order valence-corrected chi connectivity index (χ1v) is 8.69. The number of thioether (sulfide) groups is 1. The predicted molar refractivity (Wildman–Crippen MR) is 96.9 cm³/mol. The van der Waals surface area contributed by atoms with Crippen LogP contribution in [0.1, 0.15) is 33.8 Å². The second-order valence-electron chi connectivity index (χ2n) is 5.68. The number of methoxy groups -OCH3 is 1. The number of halogens is 1. The predicted octanol–water partition coefficient (Wildman–Crippen LogP) is 3.41. The van der Waals surface area contributed by atoms with Crippen LogP contribution in [0.3, 0.4) is 0 Å². The molecule has 3 aromatic rings. The Bertz CT molecular complexity index is 1030. The van der Waals surface area contributed by atoms with Gasteiger partial charge in [0, 0.05) is 10.9 Å². The summed E-state index contributed by atoms with van der Waals surface area (Å²) in [7, 11) is 1.25. The van der Waals surface area contributed by atoms with Gasteiger partial charge in [0.05, 0.1) is 18.1 Å². The van der Waals surface area contributed by atoms with Crippen molar-refractivity contribution < 1.29 is 13.9 Å². The van der Waals surface area contributed by atoms with Gasteiger partial charge in [-0.25, -0.2) is 19.2 Å². The molecule has 8 heteroatoms. The van der Waals surface area contributed by atoms with Gasteiger partial charge in [-0.1, -0.05) is 23.9 Å². The molecule has 0 radical (unpaired) electrons. The Morgan fingerprint density at radius 3 is 2.62 bits per heavy atom. The molecule has 134 valence electrons. The van der Waals surface area contributed by atoms with E-state index in [1.807, 2.05) is 6.92 Å². The van der Waals surface area contributed by atoms with Crippen LogP contribution in [0.4, 0.5) is 4.39 Å². The first-order chi connectivity index (χ1) is 12.4. The largest absolute Gasteiger partial charge is 0.465 e. The number of H-pyrrole nitrogens is 1. The molecule has 2 heterocycles. The van der Waals surface area contributed by atoms with Gasteiger partial charge in [0.1, 0.15) is 5.82 Å². The van der Waals surface area contributed by atoms with Gasteiger partial charge in [-0.3, -0.25) is 4.79 Å². The normalized spacial score (nSPS) is 12.2. The SMILES string of the molecule is COC(=O)c1cc(C)nc2nc(SC(C)c3ccc(F)cc3)[nH]c(=O)c12. The third-order valence-electron chi connectivity index (χ3n) is 3.82. The molecule has 0 aliphatic carbocycles. The lowest BCUT2D eigenvalue weighted by molar-refractivity contribution is 0.0602. The van der Waals surface area contributed by atoms with E-state index in [1.165, 1.54) is 37.1 Å². The van der Waals surface area contributed by atoms with Gasteiger partial charge in [0.25, 0.3) is 5.56 Å². The molecule has 1 unspecified atom stereocenters. The van der Waals surface area contributed by atoms with Crippen LogP contribution >= 0.6 is 11.8 Å². The third-order valence-corrected chi connectivity index (χ3v) is 4.86. The average Bonchev–Trinajstić information content (AvgIpc) is 2.60. The Kier molecular flexibility index (Phi) is 5.03. The maximum absolute atomic E-state index is 13.1. The second kappa shape index (κ2) is 7.25. The highest BCUT2D eigenvalue weighted by Crippen LogP contribution is 2.32. The molecule has 1 aromatic carbocycles. The van der Waals surface area contributed by atoms with Gasteiger partial charge < -0.3 is 9.72 Å². The monoisotopic (exact) mass is 373 g/mol. The molecule has 3 rings (SSSR count). The first kappa shape index (κ1) is 18.1. The third kappa shape index (κ3) is 3.60. The number of pyridine rings is 1. The molecular formula is C18H16FN3O3S. The fourth-order valence-corrected chi connectivity index (χ4v) is 3.46. The van der Waals surface area contributed by atoms with E-state index in [-0.39, 0.29) is 27.7 Å². The zero-order valence-electron chi connectivity index (χ0n) is 14.4. The van der Waals surface area contributed by atoms with Gasteiger partial charge in [-0.15, -0.1) is 0 Å². The number of nitrogens with one attached hydrogen (secondary N) is 1. The van der Waals surface area contributed by atoms with Gasteiger partial charge in [0.15, 0.2) is 10.8 Å². The number of carbonyl (C=O) groups is 1. The lowest BCUT2D eigenvalue weighted by Gasteiger charge is -2.11. The maximum atomic E-state index is 13.1. The minimum Gasteiger partial charge on any atom is -0.465 e. The lowest BCUT2D eigenvalue weighted by atomic mass is 10.1. The van der Waals surface area contributed by atoms with Crippen molar-refractivity contribution >= 4 is 28.8 Å². The highest BCUT2D eigenvalue weighted by atomic mass is 32.2. The van der Waals surface area contributed by atoms with E-state index in [1.54, 1.807) is 19.1 Å². The van der Waals surface area contributed by atoms with E-state index in [0.29, 0.717) is 10.9 Å². The molecule has 1 atom stereocenters. The molecule has 0 fully saturated rings. The maximum Gasteiger partial charge on any atom is 0.338 e. The molecule has 0 bridgehead atoms.